The zero-order valence-corrected chi connectivity index (χ0v) is 5.77. The summed E-state index contributed by atoms with van der Waals surface area (Å²) in [7, 11) is 0. The average molecular weight is 122 g/mol. The predicted molar refractivity (Wildman–Crippen MR) is 38.8 cm³/mol. The maximum absolute atomic E-state index is 9.79. The van der Waals surface area contributed by atoms with Crippen molar-refractivity contribution in [2.45, 2.75) is 13.8 Å². The predicted octanol–water partition coefficient (Wildman–Crippen LogP) is 1.90. The fourth-order valence-electron chi connectivity index (χ4n) is 0.363. The van der Waals surface area contributed by atoms with Crippen LogP contribution in [-0.4, -0.2) is 5.94 Å². The lowest BCUT2D eigenvalue weighted by atomic mass is 10.1. The first-order chi connectivity index (χ1) is 4.22. The van der Waals surface area contributed by atoms with Gasteiger partial charge in [0.25, 0.3) is 0 Å². The second-order valence-electron chi connectivity index (χ2n) is 1.83. The first-order valence-corrected chi connectivity index (χ1v) is 2.73. The third kappa shape index (κ3) is 2.68. The standard InChI is InChI=1S/C8H10O/c1-4-7(2)8(3)5-6-9/h4-5H,1H2,2-3H3/b8-7-. The first kappa shape index (κ1) is 7.93. The molecule has 1 heteroatoms. The highest BCUT2D eigenvalue weighted by molar-refractivity contribution is 5.53. The van der Waals surface area contributed by atoms with Crippen LogP contribution in [-0.2, 0) is 4.79 Å². The van der Waals surface area contributed by atoms with E-state index in [0.717, 1.165) is 11.1 Å². The molecule has 1 nitrogen and oxygen atoms in total. The minimum atomic E-state index is 0.917. The molecule has 0 aliphatic heterocycles. The molecule has 0 aromatic carbocycles. The van der Waals surface area contributed by atoms with Crippen LogP contribution in [0.25, 0.3) is 0 Å². The van der Waals surface area contributed by atoms with Gasteiger partial charge >= 0.3 is 0 Å². The number of rotatable bonds is 2. The average Bonchev–Trinajstić information content (AvgIpc) is 1.87. The highest BCUT2D eigenvalue weighted by Gasteiger charge is 1.84. The van der Waals surface area contributed by atoms with Gasteiger partial charge in [0.15, 0.2) is 0 Å². The maximum Gasteiger partial charge on any atom is 0.124 e. The van der Waals surface area contributed by atoms with Gasteiger partial charge in [-0.05, 0) is 25.0 Å². The van der Waals surface area contributed by atoms with Crippen LogP contribution in [0.3, 0.4) is 0 Å². The van der Waals surface area contributed by atoms with Crippen molar-refractivity contribution >= 4 is 5.94 Å². The zero-order valence-electron chi connectivity index (χ0n) is 5.77. The topological polar surface area (TPSA) is 17.1 Å². The monoisotopic (exact) mass is 122 g/mol. The van der Waals surface area contributed by atoms with Gasteiger partial charge in [-0.3, -0.25) is 0 Å². The summed E-state index contributed by atoms with van der Waals surface area (Å²) in [4.78, 5) is 9.79. The molecular weight excluding hydrogens is 112 g/mol. The number of carbonyl (C=O) groups excluding carboxylic acids is 1. The van der Waals surface area contributed by atoms with Crippen LogP contribution in [0.2, 0.25) is 0 Å². The Kier molecular flexibility index (Phi) is 3.41. The molecule has 0 aromatic heterocycles. The van der Waals surface area contributed by atoms with E-state index < -0.39 is 0 Å². The molecule has 0 rings (SSSR count). The molecule has 0 bridgehead atoms. The van der Waals surface area contributed by atoms with Gasteiger partial charge in [-0.1, -0.05) is 12.7 Å². The Hall–Kier alpha value is -1.07. The molecule has 0 unspecified atom stereocenters. The van der Waals surface area contributed by atoms with E-state index in [-0.39, 0.29) is 0 Å². The molecule has 0 fully saturated rings. The van der Waals surface area contributed by atoms with Crippen LogP contribution in [0.4, 0.5) is 0 Å². The molecule has 0 spiro atoms. The molecule has 0 N–H and O–H groups in total. The maximum atomic E-state index is 9.79. The normalized spacial score (nSPS) is 11.3. The van der Waals surface area contributed by atoms with Gasteiger partial charge < -0.3 is 0 Å². The van der Waals surface area contributed by atoms with Crippen molar-refractivity contribution in [3.63, 3.8) is 0 Å². The molecular formula is C8H10O. The van der Waals surface area contributed by atoms with Crippen molar-refractivity contribution in [3.05, 3.63) is 29.9 Å². The van der Waals surface area contributed by atoms with E-state index in [4.69, 9.17) is 0 Å². The fraction of sp³-hybridized carbons (Fsp3) is 0.250. The minimum absolute atomic E-state index is 0.917. The number of allylic oxidation sites excluding steroid dienone is 4. The minimum Gasteiger partial charge on any atom is -0.233 e. The van der Waals surface area contributed by atoms with Crippen molar-refractivity contribution in [2.24, 2.45) is 0 Å². The summed E-state index contributed by atoms with van der Waals surface area (Å²) in [6, 6.07) is 0. The summed E-state index contributed by atoms with van der Waals surface area (Å²) in [5.74, 6) is 1.70. The van der Waals surface area contributed by atoms with Gasteiger partial charge in [0, 0.05) is 6.08 Å². The van der Waals surface area contributed by atoms with E-state index in [1.807, 2.05) is 13.8 Å². The van der Waals surface area contributed by atoms with Crippen molar-refractivity contribution in [3.8, 4) is 0 Å². The molecule has 0 aromatic rings. The number of hydrogen-bond donors (Lipinski definition) is 0. The molecule has 0 aliphatic carbocycles. The molecule has 0 atom stereocenters. The Labute approximate surface area is 55.4 Å². The van der Waals surface area contributed by atoms with Crippen LogP contribution < -0.4 is 0 Å². The van der Waals surface area contributed by atoms with Crippen LogP contribution in [0.15, 0.2) is 29.9 Å². The highest BCUT2D eigenvalue weighted by Crippen LogP contribution is 2.02. The summed E-state index contributed by atoms with van der Waals surface area (Å²) in [5.41, 5.74) is 1.93. The van der Waals surface area contributed by atoms with Gasteiger partial charge in [0.1, 0.15) is 5.94 Å². The van der Waals surface area contributed by atoms with Crippen molar-refractivity contribution in [1.29, 1.82) is 0 Å². The van der Waals surface area contributed by atoms with Gasteiger partial charge in [-0.2, -0.15) is 0 Å². The van der Waals surface area contributed by atoms with Crippen LogP contribution >= 0.6 is 0 Å². The Balaban J connectivity index is 4.46. The summed E-state index contributed by atoms with van der Waals surface area (Å²) in [6.45, 7) is 7.30. The van der Waals surface area contributed by atoms with E-state index in [1.165, 1.54) is 6.08 Å². The van der Waals surface area contributed by atoms with Crippen LogP contribution in [0, 0.1) is 0 Å². The Morgan fingerprint density at radius 1 is 1.44 bits per heavy atom. The summed E-state index contributed by atoms with van der Waals surface area (Å²) < 4.78 is 0. The second-order valence-corrected chi connectivity index (χ2v) is 1.83. The fourth-order valence-corrected chi connectivity index (χ4v) is 0.363. The molecule has 9 heavy (non-hydrogen) atoms. The molecule has 0 heterocycles. The van der Waals surface area contributed by atoms with Gasteiger partial charge in [-0.15, -0.1) is 0 Å². The van der Waals surface area contributed by atoms with E-state index in [2.05, 4.69) is 6.58 Å². The summed E-state index contributed by atoms with van der Waals surface area (Å²) >= 11 is 0. The zero-order chi connectivity index (χ0) is 7.28. The first-order valence-electron chi connectivity index (χ1n) is 2.73. The summed E-state index contributed by atoms with van der Waals surface area (Å²) in [6.07, 6.45) is 3.11. The van der Waals surface area contributed by atoms with E-state index in [9.17, 15) is 4.79 Å². The summed E-state index contributed by atoms with van der Waals surface area (Å²) in [5, 5.41) is 0. The van der Waals surface area contributed by atoms with Crippen molar-refractivity contribution in [1.82, 2.24) is 0 Å². The molecule has 48 valence electrons. The quantitative estimate of drug-likeness (QED) is 0.404. The smallest absolute Gasteiger partial charge is 0.124 e. The Bertz CT molecular complexity index is 181. The lowest BCUT2D eigenvalue weighted by molar-refractivity contribution is 0.569. The van der Waals surface area contributed by atoms with Crippen LogP contribution in [0.1, 0.15) is 13.8 Å². The number of hydrogen-bond acceptors (Lipinski definition) is 1. The van der Waals surface area contributed by atoms with Gasteiger partial charge in [0.05, 0.1) is 0 Å². The molecule has 0 saturated carbocycles. The largest absolute Gasteiger partial charge is 0.233 e. The van der Waals surface area contributed by atoms with Crippen LogP contribution in [0.5, 0.6) is 0 Å². The van der Waals surface area contributed by atoms with E-state index in [1.54, 1.807) is 12.0 Å². The lowest BCUT2D eigenvalue weighted by Gasteiger charge is -1.91. The molecule has 0 aliphatic rings. The third-order valence-corrected chi connectivity index (χ3v) is 1.20. The second kappa shape index (κ2) is 3.88. The van der Waals surface area contributed by atoms with E-state index in [0.29, 0.717) is 0 Å². The molecule has 0 radical (unpaired) electrons. The SMILES string of the molecule is C=C/C(C)=C(/C)C=C=O. The molecule has 0 saturated heterocycles. The molecule has 0 amide bonds. The highest BCUT2D eigenvalue weighted by atomic mass is 16.1. The third-order valence-electron chi connectivity index (χ3n) is 1.20. The van der Waals surface area contributed by atoms with E-state index >= 15 is 0 Å². The van der Waals surface area contributed by atoms with Crippen molar-refractivity contribution in [2.75, 3.05) is 0 Å². The lowest BCUT2D eigenvalue weighted by Crippen LogP contribution is -1.73. The Morgan fingerprint density at radius 2 is 2.00 bits per heavy atom. The van der Waals surface area contributed by atoms with Crippen molar-refractivity contribution < 1.29 is 4.79 Å². The van der Waals surface area contributed by atoms with Gasteiger partial charge in [0.2, 0.25) is 0 Å². The Morgan fingerprint density at radius 3 is 2.33 bits per heavy atom. The van der Waals surface area contributed by atoms with Gasteiger partial charge in [-0.25, -0.2) is 4.79 Å².